The molecule has 1 aromatic carbocycles. The number of thioether (sulfide) groups is 1. The Kier molecular flexibility index (Phi) is 5.45. The molecule has 0 aliphatic carbocycles. The van der Waals surface area contributed by atoms with Crippen LogP contribution in [0.1, 0.15) is 35.8 Å². The number of carbonyl (C=O) groups is 1. The Labute approximate surface area is 163 Å². The topological polar surface area (TPSA) is 58.4 Å². The monoisotopic (exact) mass is 380 g/mol. The van der Waals surface area contributed by atoms with E-state index >= 15 is 0 Å². The molecule has 0 saturated carbocycles. The lowest BCUT2D eigenvalue weighted by molar-refractivity contribution is 0.0920. The van der Waals surface area contributed by atoms with E-state index in [0.29, 0.717) is 11.6 Å². The third kappa shape index (κ3) is 4.34. The molecule has 1 fully saturated rings. The molecule has 2 aromatic heterocycles. The second kappa shape index (κ2) is 8.15. The first-order valence-corrected chi connectivity index (χ1v) is 10.4. The van der Waals surface area contributed by atoms with Crippen LogP contribution in [0.3, 0.4) is 0 Å². The van der Waals surface area contributed by atoms with Gasteiger partial charge in [-0.25, -0.2) is 4.98 Å². The van der Waals surface area contributed by atoms with E-state index in [4.69, 9.17) is 0 Å². The van der Waals surface area contributed by atoms with Gasteiger partial charge in [0.2, 0.25) is 0 Å². The van der Waals surface area contributed by atoms with Crippen molar-refractivity contribution in [3.05, 3.63) is 66.1 Å². The number of pyridine rings is 1. The molecule has 1 saturated heterocycles. The van der Waals surface area contributed by atoms with Crippen LogP contribution in [-0.2, 0) is 5.75 Å². The Bertz CT molecular complexity index is 888. The van der Waals surface area contributed by atoms with Gasteiger partial charge in [0, 0.05) is 40.7 Å². The van der Waals surface area contributed by atoms with Crippen LogP contribution < -0.4 is 10.6 Å². The maximum atomic E-state index is 12.5. The summed E-state index contributed by atoms with van der Waals surface area (Å²) in [6, 6.07) is 14.4. The molecule has 27 heavy (non-hydrogen) atoms. The average molecular weight is 381 g/mol. The molecule has 1 aliphatic rings. The predicted molar refractivity (Wildman–Crippen MR) is 109 cm³/mol. The minimum absolute atomic E-state index is 0.00690. The van der Waals surface area contributed by atoms with Crippen molar-refractivity contribution in [2.75, 3.05) is 6.54 Å². The van der Waals surface area contributed by atoms with E-state index in [1.165, 1.54) is 0 Å². The van der Waals surface area contributed by atoms with Crippen LogP contribution in [0.25, 0.3) is 5.65 Å². The Morgan fingerprint density at radius 2 is 2.15 bits per heavy atom. The minimum atomic E-state index is 0.00690. The Balaban J connectivity index is 1.34. The first kappa shape index (κ1) is 18.1. The maximum Gasteiger partial charge on any atom is 0.251 e. The lowest BCUT2D eigenvalue weighted by Gasteiger charge is -2.30. The van der Waals surface area contributed by atoms with Crippen molar-refractivity contribution in [2.24, 2.45) is 0 Å². The lowest BCUT2D eigenvalue weighted by atomic mass is 9.99. The first-order chi connectivity index (χ1) is 13.2. The van der Waals surface area contributed by atoms with Crippen molar-refractivity contribution in [1.29, 1.82) is 0 Å². The van der Waals surface area contributed by atoms with E-state index in [1.807, 2.05) is 53.1 Å². The van der Waals surface area contributed by atoms with Crippen LogP contribution in [0, 0.1) is 0 Å². The van der Waals surface area contributed by atoms with E-state index in [0.717, 1.165) is 41.4 Å². The van der Waals surface area contributed by atoms with Crippen molar-refractivity contribution in [3.63, 3.8) is 0 Å². The molecule has 5 nitrogen and oxygen atoms in total. The van der Waals surface area contributed by atoms with Gasteiger partial charge in [0.25, 0.3) is 5.91 Å². The molecule has 0 spiro atoms. The Morgan fingerprint density at radius 1 is 1.30 bits per heavy atom. The molecule has 0 radical (unpaired) electrons. The maximum absolute atomic E-state index is 12.5. The van der Waals surface area contributed by atoms with E-state index in [-0.39, 0.29) is 11.9 Å². The Hall–Kier alpha value is -2.31. The van der Waals surface area contributed by atoms with Crippen molar-refractivity contribution in [2.45, 2.75) is 42.5 Å². The number of hydrogen-bond acceptors (Lipinski definition) is 4. The fourth-order valence-corrected chi connectivity index (χ4v) is 4.19. The van der Waals surface area contributed by atoms with Crippen LogP contribution in [0.2, 0.25) is 0 Å². The second-order valence-electron chi connectivity index (χ2n) is 6.98. The molecule has 2 atom stereocenters. The van der Waals surface area contributed by atoms with Crippen molar-refractivity contribution >= 4 is 23.3 Å². The quantitative estimate of drug-likeness (QED) is 0.665. The number of nitrogens with zero attached hydrogens (tertiary/aromatic N) is 2. The van der Waals surface area contributed by atoms with Gasteiger partial charge in [0.05, 0.1) is 5.69 Å². The van der Waals surface area contributed by atoms with Crippen molar-refractivity contribution in [1.82, 2.24) is 20.0 Å². The van der Waals surface area contributed by atoms with E-state index in [9.17, 15) is 4.79 Å². The van der Waals surface area contributed by atoms with Crippen LogP contribution >= 0.6 is 11.8 Å². The zero-order valence-electron chi connectivity index (χ0n) is 15.4. The third-order valence-electron chi connectivity index (χ3n) is 5.00. The average Bonchev–Trinajstić information content (AvgIpc) is 3.11. The fraction of sp³-hybridized carbons (Fsp3) is 0.333. The molecule has 1 aliphatic heterocycles. The molecule has 4 rings (SSSR count). The molecule has 6 heteroatoms. The summed E-state index contributed by atoms with van der Waals surface area (Å²) in [5.74, 6) is 0.811. The normalized spacial score (nSPS) is 19.9. The summed E-state index contributed by atoms with van der Waals surface area (Å²) >= 11 is 1.73. The number of imidazole rings is 1. The van der Waals surface area contributed by atoms with Crippen LogP contribution in [-0.4, -0.2) is 33.9 Å². The van der Waals surface area contributed by atoms with Gasteiger partial charge >= 0.3 is 0 Å². The molecule has 3 heterocycles. The van der Waals surface area contributed by atoms with Gasteiger partial charge in [-0.3, -0.25) is 4.79 Å². The molecular weight excluding hydrogens is 356 g/mol. The Morgan fingerprint density at radius 3 is 2.93 bits per heavy atom. The standard InChI is InChI=1S/C21H24N4OS/c1-15-19(5-4-11-22-15)24-21(26)16-7-9-18(10-8-16)27-14-17-13-25-12-3-2-6-20(25)23-17/h2-3,6-10,12-13,15,19,22H,4-5,11,14H2,1H3,(H,24,26). The van der Waals surface area contributed by atoms with Gasteiger partial charge in [-0.15, -0.1) is 11.8 Å². The molecule has 2 N–H and O–H groups in total. The number of piperidine rings is 1. The van der Waals surface area contributed by atoms with Gasteiger partial charge < -0.3 is 15.0 Å². The molecule has 0 bridgehead atoms. The van der Waals surface area contributed by atoms with Crippen LogP contribution in [0.15, 0.2) is 59.8 Å². The molecule has 140 valence electrons. The largest absolute Gasteiger partial charge is 0.348 e. The van der Waals surface area contributed by atoms with Gasteiger partial charge in [-0.2, -0.15) is 0 Å². The summed E-state index contributed by atoms with van der Waals surface area (Å²) in [6.07, 6.45) is 6.21. The SMILES string of the molecule is CC1NCCCC1NC(=O)c1ccc(SCc2cn3ccccc3n2)cc1. The number of rotatable bonds is 5. The van der Waals surface area contributed by atoms with Gasteiger partial charge in [0.1, 0.15) is 5.65 Å². The summed E-state index contributed by atoms with van der Waals surface area (Å²) in [5, 5.41) is 6.57. The lowest BCUT2D eigenvalue weighted by Crippen LogP contribution is -2.51. The fourth-order valence-electron chi connectivity index (χ4n) is 3.41. The second-order valence-corrected chi connectivity index (χ2v) is 8.03. The van der Waals surface area contributed by atoms with Gasteiger partial charge in [0.15, 0.2) is 0 Å². The van der Waals surface area contributed by atoms with E-state index < -0.39 is 0 Å². The number of hydrogen-bond donors (Lipinski definition) is 2. The highest BCUT2D eigenvalue weighted by atomic mass is 32.2. The molecular formula is C21H24N4OS. The van der Waals surface area contributed by atoms with Crippen LogP contribution in [0.4, 0.5) is 0 Å². The van der Waals surface area contributed by atoms with Gasteiger partial charge in [-0.1, -0.05) is 6.07 Å². The summed E-state index contributed by atoms with van der Waals surface area (Å²) in [5.41, 5.74) is 2.73. The summed E-state index contributed by atoms with van der Waals surface area (Å²) < 4.78 is 2.03. The van der Waals surface area contributed by atoms with E-state index in [2.05, 4.69) is 28.7 Å². The number of aromatic nitrogens is 2. The highest BCUT2D eigenvalue weighted by Gasteiger charge is 2.22. The van der Waals surface area contributed by atoms with Gasteiger partial charge in [-0.05, 0) is 62.7 Å². The summed E-state index contributed by atoms with van der Waals surface area (Å²) in [4.78, 5) is 18.2. The third-order valence-corrected chi connectivity index (χ3v) is 6.04. The zero-order valence-corrected chi connectivity index (χ0v) is 16.2. The van der Waals surface area contributed by atoms with Crippen molar-refractivity contribution < 1.29 is 4.79 Å². The number of benzene rings is 1. The molecule has 1 amide bonds. The first-order valence-electron chi connectivity index (χ1n) is 9.39. The molecule has 3 aromatic rings. The number of nitrogens with one attached hydrogen (secondary N) is 2. The zero-order chi connectivity index (χ0) is 18.6. The summed E-state index contributed by atoms with van der Waals surface area (Å²) in [6.45, 7) is 3.16. The smallest absolute Gasteiger partial charge is 0.251 e. The van der Waals surface area contributed by atoms with E-state index in [1.54, 1.807) is 11.8 Å². The highest BCUT2D eigenvalue weighted by Crippen LogP contribution is 2.23. The number of carbonyl (C=O) groups excluding carboxylic acids is 1. The van der Waals surface area contributed by atoms with Crippen LogP contribution in [0.5, 0.6) is 0 Å². The highest BCUT2D eigenvalue weighted by molar-refractivity contribution is 7.98. The summed E-state index contributed by atoms with van der Waals surface area (Å²) in [7, 11) is 0. The number of amides is 1. The molecule has 2 unspecified atom stereocenters. The predicted octanol–water partition coefficient (Wildman–Crippen LogP) is 3.50. The number of fused-ring (bicyclic) bond motifs is 1. The minimum Gasteiger partial charge on any atom is -0.348 e. The van der Waals surface area contributed by atoms with Crippen molar-refractivity contribution in [3.8, 4) is 0 Å².